The van der Waals surface area contributed by atoms with E-state index in [2.05, 4.69) is 19.2 Å². The number of rotatable bonds is 10. The smallest absolute Gasteiger partial charge is 0.279 e. The minimum Gasteiger partial charge on any atom is -0.347 e. The van der Waals surface area contributed by atoms with Crippen molar-refractivity contribution in [1.29, 1.82) is 0 Å². The van der Waals surface area contributed by atoms with Crippen LogP contribution in [0.3, 0.4) is 0 Å². The largest absolute Gasteiger partial charge is 0.347 e. The number of carbonyl (C=O) groups is 1. The van der Waals surface area contributed by atoms with Crippen LogP contribution in [-0.4, -0.2) is 17.5 Å². The molecule has 0 aliphatic heterocycles. The highest BCUT2D eigenvalue weighted by atomic mass is 32.2. The zero-order chi connectivity index (χ0) is 12.1. The molecule has 0 fully saturated rings. The minimum absolute atomic E-state index is 0.155. The number of hydrogen-bond donors (Lipinski definition) is 1. The lowest BCUT2D eigenvalue weighted by Gasteiger charge is -2.03. The fourth-order valence-electron chi connectivity index (χ4n) is 1.47. The number of thioether (sulfide) groups is 1. The monoisotopic (exact) mass is 245 g/mol. The topological polar surface area (TPSA) is 29.1 Å². The lowest BCUT2D eigenvalue weighted by molar-refractivity contribution is 0.260. The van der Waals surface area contributed by atoms with Crippen molar-refractivity contribution < 1.29 is 4.79 Å². The maximum Gasteiger partial charge on any atom is 0.279 e. The fourth-order valence-corrected chi connectivity index (χ4v) is 2.20. The number of nitrogens with one attached hydrogen (secondary N) is 1. The van der Waals surface area contributed by atoms with Crippen LogP contribution < -0.4 is 5.32 Å². The molecule has 0 radical (unpaired) electrons. The van der Waals surface area contributed by atoms with Crippen LogP contribution in [0.4, 0.5) is 4.79 Å². The van der Waals surface area contributed by atoms with Gasteiger partial charge in [0, 0.05) is 12.3 Å². The second-order valence-corrected chi connectivity index (χ2v) is 5.25. The molecule has 0 aromatic rings. The summed E-state index contributed by atoms with van der Waals surface area (Å²) in [5, 5.41) is 3.07. The Labute approximate surface area is 105 Å². The Morgan fingerprint density at radius 2 is 1.56 bits per heavy atom. The minimum atomic E-state index is 0.155. The predicted octanol–water partition coefficient (Wildman–Crippen LogP) is 4.59. The van der Waals surface area contributed by atoms with Gasteiger partial charge in [-0.05, 0) is 12.8 Å². The van der Waals surface area contributed by atoms with Crippen LogP contribution in [-0.2, 0) is 0 Å². The fraction of sp³-hybridized carbons (Fsp3) is 0.923. The highest BCUT2D eigenvalue weighted by Crippen LogP contribution is 2.10. The van der Waals surface area contributed by atoms with Crippen molar-refractivity contribution in [1.82, 2.24) is 5.32 Å². The Morgan fingerprint density at radius 3 is 2.25 bits per heavy atom. The second-order valence-electron chi connectivity index (χ2n) is 4.18. The van der Waals surface area contributed by atoms with Gasteiger partial charge in [-0.2, -0.15) is 0 Å². The molecule has 16 heavy (non-hydrogen) atoms. The van der Waals surface area contributed by atoms with E-state index in [9.17, 15) is 4.79 Å². The molecule has 0 bridgehead atoms. The molecule has 0 aromatic carbocycles. The summed E-state index contributed by atoms with van der Waals surface area (Å²) in [6.07, 6.45) is 10.0. The van der Waals surface area contributed by atoms with Crippen LogP contribution in [0.15, 0.2) is 0 Å². The maximum atomic E-state index is 11.3. The average Bonchev–Trinajstić information content (AvgIpc) is 2.28. The van der Waals surface area contributed by atoms with E-state index in [0.29, 0.717) is 0 Å². The predicted molar refractivity (Wildman–Crippen MR) is 74.1 cm³/mol. The summed E-state index contributed by atoms with van der Waals surface area (Å²) in [7, 11) is 0. The Hall–Kier alpha value is -0.180. The molecule has 2 nitrogen and oxygen atoms in total. The normalized spacial score (nSPS) is 10.4. The number of amides is 1. The van der Waals surface area contributed by atoms with Gasteiger partial charge in [0.2, 0.25) is 0 Å². The summed E-state index contributed by atoms with van der Waals surface area (Å²) < 4.78 is 0. The van der Waals surface area contributed by atoms with Gasteiger partial charge in [0.25, 0.3) is 5.24 Å². The molecule has 0 aromatic heterocycles. The first-order valence-electron chi connectivity index (χ1n) is 6.71. The average molecular weight is 245 g/mol. The maximum absolute atomic E-state index is 11.3. The Morgan fingerprint density at radius 1 is 0.938 bits per heavy atom. The van der Waals surface area contributed by atoms with Crippen LogP contribution in [0.5, 0.6) is 0 Å². The van der Waals surface area contributed by atoms with Gasteiger partial charge in [0.1, 0.15) is 0 Å². The summed E-state index contributed by atoms with van der Waals surface area (Å²) in [6, 6.07) is 0. The van der Waals surface area contributed by atoms with Crippen molar-refractivity contribution in [3.05, 3.63) is 0 Å². The van der Waals surface area contributed by atoms with Crippen LogP contribution in [0.1, 0.15) is 65.2 Å². The van der Waals surface area contributed by atoms with Crippen molar-refractivity contribution in [2.24, 2.45) is 0 Å². The van der Waals surface area contributed by atoms with E-state index in [0.717, 1.165) is 25.1 Å². The highest BCUT2D eigenvalue weighted by molar-refractivity contribution is 8.13. The van der Waals surface area contributed by atoms with Gasteiger partial charge < -0.3 is 5.32 Å². The van der Waals surface area contributed by atoms with E-state index in [1.54, 1.807) is 0 Å². The molecular formula is C13H27NOS. The molecule has 0 atom stereocenters. The van der Waals surface area contributed by atoms with E-state index in [4.69, 9.17) is 0 Å². The summed E-state index contributed by atoms with van der Waals surface area (Å²) in [6.45, 7) is 5.20. The Bertz CT molecular complexity index is 162. The van der Waals surface area contributed by atoms with Crippen molar-refractivity contribution in [3.8, 4) is 0 Å². The van der Waals surface area contributed by atoms with E-state index in [1.165, 1.54) is 50.3 Å². The molecule has 0 saturated carbocycles. The molecular weight excluding hydrogens is 218 g/mol. The van der Waals surface area contributed by atoms with Gasteiger partial charge in [0.15, 0.2) is 0 Å². The second kappa shape index (κ2) is 12.9. The lowest BCUT2D eigenvalue weighted by atomic mass is 10.1. The zero-order valence-corrected chi connectivity index (χ0v) is 11.7. The van der Waals surface area contributed by atoms with Crippen LogP contribution in [0.2, 0.25) is 0 Å². The third kappa shape index (κ3) is 11.9. The molecule has 1 N–H and O–H groups in total. The standard InChI is InChI=1S/C13H27NOS/c1-3-5-7-8-9-10-12-16-13(15)14-11-6-4-2/h3-12H2,1-2H3,(H,14,15). The summed E-state index contributed by atoms with van der Waals surface area (Å²) in [5.41, 5.74) is 0. The molecule has 3 heteroatoms. The zero-order valence-electron chi connectivity index (χ0n) is 10.9. The molecule has 0 spiro atoms. The first-order valence-corrected chi connectivity index (χ1v) is 7.70. The van der Waals surface area contributed by atoms with Crippen molar-refractivity contribution >= 4 is 17.0 Å². The summed E-state index contributed by atoms with van der Waals surface area (Å²) in [4.78, 5) is 11.3. The lowest BCUT2D eigenvalue weighted by Crippen LogP contribution is -2.19. The van der Waals surface area contributed by atoms with Gasteiger partial charge in [-0.3, -0.25) is 4.79 Å². The summed E-state index contributed by atoms with van der Waals surface area (Å²) >= 11 is 1.44. The van der Waals surface area contributed by atoms with E-state index < -0.39 is 0 Å². The van der Waals surface area contributed by atoms with Crippen LogP contribution >= 0.6 is 11.8 Å². The van der Waals surface area contributed by atoms with Crippen LogP contribution in [0, 0.1) is 0 Å². The Kier molecular flexibility index (Phi) is 12.7. The highest BCUT2D eigenvalue weighted by Gasteiger charge is 2.00. The summed E-state index contributed by atoms with van der Waals surface area (Å²) in [5.74, 6) is 0.976. The van der Waals surface area contributed by atoms with Crippen molar-refractivity contribution in [2.75, 3.05) is 12.3 Å². The molecule has 1 amide bonds. The SMILES string of the molecule is CCCCCCCCSC(=O)NCCCC. The molecule has 0 saturated heterocycles. The van der Waals surface area contributed by atoms with Crippen LogP contribution in [0.25, 0.3) is 0 Å². The Balaban J connectivity index is 3.09. The van der Waals surface area contributed by atoms with E-state index in [-0.39, 0.29) is 5.24 Å². The van der Waals surface area contributed by atoms with Crippen molar-refractivity contribution in [3.63, 3.8) is 0 Å². The van der Waals surface area contributed by atoms with Gasteiger partial charge in [0.05, 0.1) is 0 Å². The third-order valence-corrected chi connectivity index (χ3v) is 3.43. The van der Waals surface area contributed by atoms with Gasteiger partial charge in [-0.15, -0.1) is 0 Å². The van der Waals surface area contributed by atoms with E-state index in [1.807, 2.05) is 0 Å². The quantitative estimate of drug-likeness (QED) is 0.570. The number of unbranched alkanes of at least 4 members (excludes halogenated alkanes) is 6. The van der Waals surface area contributed by atoms with Gasteiger partial charge >= 0.3 is 0 Å². The van der Waals surface area contributed by atoms with Gasteiger partial charge in [-0.1, -0.05) is 64.1 Å². The first-order chi connectivity index (χ1) is 7.81. The van der Waals surface area contributed by atoms with Crippen molar-refractivity contribution in [2.45, 2.75) is 65.2 Å². The molecule has 0 rings (SSSR count). The number of carbonyl (C=O) groups excluding carboxylic acids is 1. The first kappa shape index (κ1) is 15.8. The van der Waals surface area contributed by atoms with Gasteiger partial charge in [-0.25, -0.2) is 0 Å². The molecule has 0 heterocycles. The molecule has 0 unspecified atom stereocenters. The van der Waals surface area contributed by atoms with E-state index >= 15 is 0 Å². The number of hydrogen-bond acceptors (Lipinski definition) is 2. The third-order valence-electron chi connectivity index (χ3n) is 2.53. The molecule has 0 aliphatic carbocycles. The molecule has 0 aliphatic rings. The molecule has 96 valence electrons.